The minimum absolute atomic E-state index is 0.318. The minimum atomic E-state index is -0.796. The average molecular weight is 219 g/mol. The molecule has 1 unspecified atom stereocenters. The van der Waals surface area contributed by atoms with Crippen molar-refractivity contribution < 1.29 is 5.11 Å². The van der Waals surface area contributed by atoms with Crippen LogP contribution >= 0.6 is 0 Å². The molecular weight excluding hydrogens is 198 g/mol. The zero-order chi connectivity index (χ0) is 11.8. The summed E-state index contributed by atoms with van der Waals surface area (Å²) in [4.78, 5) is 0. The Balaban J connectivity index is 2.25. The fraction of sp³-hybridized carbons (Fsp3) is 0.571. The van der Waals surface area contributed by atoms with Crippen LogP contribution in [0.4, 0.5) is 0 Å². The first-order valence-corrected chi connectivity index (χ1v) is 6.11. The highest BCUT2D eigenvalue weighted by Crippen LogP contribution is 2.45. The Bertz CT molecular complexity index is 354. The summed E-state index contributed by atoms with van der Waals surface area (Å²) in [6.45, 7) is 4.66. The van der Waals surface area contributed by atoms with Gasteiger partial charge in [0.1, 0.15) is 5.60 Å². The molecule has 1 aliphatic carbocycles. The van der Waals surface area contributed by atoms with E-state index in [1.807, 2.05) is 12.1 Å². The van der Waals surface area contributed by atoms with Crippen LogP contribution in [0, 0.1) is 5.92 Å². The Morgan fingerprint density at radius 2 is 1.88 bits per heavy atom. The monoisotopic (exact) mass is 219 g/mol. The third-order valence-electron chi connectivity index (χ3n) is 3.64. The molecule has 0 amide bonds. The molecule has 88 valence electrons. The summed E-state index contributed by atoms with van der Waals surface area (Å²) in [6.07, 6.45) is 2.19. The maximum Gasteiger partial charge on any atom is 0.105 e. The normalized spacial score (nSPS) is 19.8. The summed E-state index contributed by atoms with van der Waals surface area (Å²) >= 11 is 0. The molecule has 2 heteroatoms. The maximum atomic E-state index is 10.5. The molecule has 3 N–H and O–H groups in total. The lowest BCUT2D eigenvalue weighted by Crippen LogP contribution is -2.37. The van der Waals surface area contributed by atoms with Gasteiger partial charge in [-0.1, -0.05) is 38.1 Å². The second-order valence-corrected chi connectivity index (χ2v) is 5.18. The van der Waals surface area contributed by atoms with Gasteiger partial charge >= 0.3 is 0 Å². The molecule has 1 atom stereocenters. The largest absolute Gasteiger partial charge is 0.384 e. The van der Waals surface area contributed by atoms with E-state index in [1.165, 1.54) is 5.56 Å². The minimum Gasteiger partial charge on any atom is -0.384 e. The van der Waals surface area contributed by atoms with E-state index in [4.69, 9.17) is 5.73 Å². The van der Waals surface area contributed by atoms with E-state index < -0.39 is 5.60 Å². The average Bonchev–Trinajstić information content (AvgIpc) is 3.12. The Hall–Kier alpha value is -0.860. The topological polar surface area (TPSA) is 46.2 Å². The Kier molecular flexibility index (Phi) is 3.04. The number of nitrogens with two attached hydrogens (primary N) is 1. The molecule has 0 aliphatic heterocycles. The molecule has 0 bridgehead atoms. The summed E-state index contributed by atoms with van der Waals surface area (Å²) in [5, 5.41) is 10.5. The Morgan fingerprint density at radius 3 is 2.25 bits per heavy atom. The zero-order valence-electron chi connectivity index (χ0n) is 10.1. The molecule has 1 aromatic carbocycles. The maximum absolute atomic E-state index is 10.5. The number of hydrogen-bond donors (Lipinski definition) is 2. The molecule has 16 heavy (non-hydrogen) atoms. The molecule has 0 saturated heterocycles. The Morgan fingerprint density at radius 1 is 1.31 bits per heavy atom. The number of aliphatic hydroxyl groups is 1. The highest BCUT2D eigenvalue weighted by atomic mass is 16.3. The van der Waals surface area contributed by atoms with Crippen molar-refractivity contribution >= 4 is 0 Å². The predicted molar refractivity (Wildman–Crippen MR) is 66.2 cm³/mol. The number of benzene rings is 1. The summed E-state index contributed by atoms with van der Waals surface area (Å²) in [6, 6.07) is 8.26. The second kappa shape index (κ2) is 4.19. The molecule has 0 heterocycles. The van der Waals surface area contributed by atoms with Crippen molar-refractivity contribution in [3.8, 4) is 0 Å². The Labute approximate surface area is 97.5 Å². The molecule has 2 rings (SSSR count). The van der Waals surface area contributed by atoms with Gasteiger partial charge in [-0.15, -0.1) is 0 Å². The van der Waals surface area contributed by atoms with Crippen LogP contribution in [-0.2, 0) is 5.60 Å². The van der Waals surface area contributed by atoms with Crippen molar-refractivity contribution in [2.45, 2.75) is 38.2 Å². The standard InChI is InChI=1S/C14H21NO/c1-10(2)11-3-5-12(6-4-11)14(16,9-15)13-7-8-13/h3-6,10,13,16H,7-9,15H2,1-2H3. The van der Waals surface area contributed by atoms with Gasteiger partial charge in [0.05, 0.1) is 0 Å². The van der Waals surface area contributed by atoms with Gasteiger partial charge in [-0.25, -0.2) is 0 Å². The van der Waals surface area contributed by atoms with Crippen LogP contribution in [0.1, 0.15) is 43.7 Å². The van der Waals surface area contributed by atoms with E-state index in [9.17, 15) is 5.11 Å². The third kappa shape index (κ3) is 2.00. The summed E-state index contributed by atoms with van der Waals surface area (Å²) < 4.78 is 0. The molecule has 1 aliphatic rings. The molecule has 1 saturated carbocycles. The number of rotatable bonds is 4. The smallest absolute Gasteiger partial charge is 0.105 e. The lowest BCUT2D eigenvalue weighted by Gasteiger charge is -2.27. The van der Waals surface area contributed by atoms with E-state index in [0.29, 0.717) is 18.4 Å². The van der Waals surface area contributed by atoms with E-state index in [1.54, 1.807) is 0 Å². The zero-order valence-corrected chi connectivity index (χ0v) is 10.1. The van der Waals surface area contributed by atoms with E-state index in [2.05, 4.69) is 26.0 Å². The van der Waals surface area contributed by atoms with Crippen molar-refractivity contribution in [3.05, 3.63) is 35.4 Å². The van der Waals surface area contributed by atoms with Gasteiger partial charge in [0, 0.05) is 6.54 Å². The highest BCUT2D eigenvalue weighted by molar-refractivity contribution is 5.30. The summed E-state index contributed by atoms with van der Waals surface area (Å²) in [7, 11) is 0. The van der Waals surface area contributed by atoms with Gasteiger partial charge in [-0.05, 0) is 35.8 Å². The summed E-state index contributed by atoms with van der Waals surface area (Å²) in [5.41, 5.74) is 7.21. The van der Waals surface area contributed by atoms with E-state index in [-0.39, 0.29) is 0 Å². The van der Waals surface area contributed by atoms with Crippen molar-refractivity contribution in [2.75, 3.05) is 6.54 Å². The SMILES string of the molecule is CC(C)c1ccc(C(O)(CN)C2CC2)cc1. The number of hydrogen-bond acceptors (Lipinski definition) is 2. The molecular formula is C14H21NO. The summed E-state index contributed by atoms with van der Waals surface area (Å²) in [5.74, 6) is 0.892. The molecule has 0 spiro atoms. The van der Waals surface area contributed by atoms with Gasteiger partial charge in [-0.2, -0.15) is 0 Å². The molecule has 1 fully saturated rings. The predicted octanol–water partition coefficient (Wildman–Crippen LogP) is 2.37. The van der Waals surface area contributed by atoms with Crippen LogP contribution in [0.25, 0.3) is 0 Å². The highest BCUT2D eigenvalue weighted by Gasteiger charge is 2.43. The van der Waals surface area contributed by atoms with Gasteiger partial charge in [-0.3, -0.25) is 0 Å². The first-order chi connectivity index (χ1) is 7.58. The fourth-order valence-corrected chi connectivity index (χ4v) is 2.24. The van der Waals surface area contributed by atoms with E-state index >= 15 is 0 Å². The van der Waals surface area contributed by atoms with Crippen molar-refractivity contribution in [1.82, 2.24) is 0 Å². The van der Waals surface area contributed by atoms with Crippen LogP contribution in [0.3, 0.4) is 0 Å². The van der Waals surface area contributed by atoms with Gasteiger partial charge in [0.2, 0.25) is 0 Å². The van der Waals surface area contributed by atoms with Crippen molar-refractivity contribution in [2.24, 2.45) is 11.7 Å². The van der Waals surface area contributed by atoms with E-state index in [0.717, 1.165) is 18.4 Å². The lowest BCUT2D eigenvalue weighted by atomic mass is 9.87. The molecule has 0 aromatic heterocycles. The van der Waals surface area contributed by atoms with Crippen molar-refractivity contribution in [3.63, 3.8) is 0 Å². The first kappa shape index (κ1) is 11.6. The van der Waals surface area contributed by atoms with Crippen LogP contribution in [0.2, 0.25) is 0 Å². The van der Waals surface area contributed by atoms with Crippen LogP contribution in [0.5, 0.6) is 0 Å². The molecule has 1 aromatic rings. The lowest BCUT2D eigenvalue weighted by molar-refractivity contribution is 0.0222. The first-order valence-electron chi connectivity index (χ1n) is 6.11. The molecule has 2 nitrogen and oxygen atoms in total. The second-order valence-electron chi connectivity index (χ2n) is 5.18. The van der Waals surface area contributed by atoms with Crippen LogP contribution < -0.4 is 5.73 Å². The van der Waals surface area contributed by atoms with Crippen molar-refractivity contribution in [1.29, 1.82) is 0 Å². The third-order valence-corrected chi connectivity index (χ3v) is 3.64. The fourth-order valence-electron chi connectivity index (χ4n) is 2.24. The van der Waals surface area contributed by atoms with Crippen LogP contribution in [0.15, 0.2) is 24.3 Å². The van der Waals surface area contributed by atoms with Crippen LogP contribution in [-0.4, -0.2) is 11.7 Å². The van der Waals surface area contributed by atoms with Gasteiger partial charge in [0.15, 0.2) is 0 Å². The molecule has 0 radical (unpaired) electrons. The van der Waals surface area contributed by atoms with Gasteiger partial charge in [0.25, 0.3) is 0 Å². The van der Waals surface area contributed by atoms with Gasteiger partial charge < -0.3 is 10.8 Å². The quantitative estimate of drug-likeness (QED) is 0.816.